The van der Waals surface area contributed by atoms with Crippen molar-refractivity contribution in [1.29, 1.82) is 0 Å². The van der Waals surface area contributed by atoms with E-state index in [0.717, 1.165) is 26.1 Å². The summed E-state index contributed by atoms with van der Waals surface area (Å²) in [6.45, 7) is 8.46. The number of hydrogen-bond acceptors (Lipinski definition) is 4. The minimum atomic E-state index is -0.0924. The highest BCUT2D eigenvalue weighted by molar-refractivity contribution is 6.24. The summed E-state index contributed by atoms with van der Waals surface area (Å²) in [4.78, 5) is 27.1. The first kappa shape index (κ1) is 19.4. The molecule has 0 saturated carbocycles. The molecule has 0 spiro atoms. The van der Waals surface area contributed by atoms with Gasteiger partial charge in [-0.05, 0) is 38.9 Å². The van der Waals surface area contributed by atoms with Gasteiger partial charge in [-0.1, -0.05) is 51.0 Å². The lowest BCUT2D eigenvalue weighted by atomic mass is 9.93. The lowest BCUT2D eigenvalue weighted by molar-refractivity contribution is 0.0978. The van der Waals surface area contributed by atoms with Gasteiger partial charge in [-0.15, -0.1) is 0 Å². The predicted molar refractivity (Wildman–Crippen MR) is 102 cm³/mol. The van der Waals surface area contributed by atoms with Gasteiger partial charge in [-0.25, -0.2) is 0 Å². The van der Waals surface area contributed by atoms with Gasteiger partial charge in [-0.2, -0.15) is 0 Å². The van der Waals surface area contributed by atoms with Crippen LogP contribution in [0.2, 0.25) is 0 Å². The standard InChI is InChI=1S/C21H30N2O2/c1-3-5-13-23(14-6-4-2)15-9-12-22-19-16-20(24)17-10-7-8-11-18(17)21(19)25/h7-8,10-11,16,22H,3-6,9,12-15H2,1-2H3. The first-order valence-electron chi connectivity index (χ1n) is 9.53. The number of ketones is 2. The van der Waals surface area contributed by atoms with Gasteiger partial charge in [0.15, 0.2) is 5.78 Å². The number of carbonyl (C=O) groups is 2. The molecule has 0 amide bonds. The third kappa shape index (κ3) is 5.53. The van der Waals surface area contributed by atoms with E-state index in [2.05, 4.69) is 24.1 Å². The average Bonchev–Trinajstić information content (AvgIpc) is 2.64. The number of benzene rings is 1. The second kappa shape index (κ2) is 10.1. The second-order valence-electron chi connectivity index (χ2n) is 6.63. The van der Waals surface area contributed by atoms with Gasteiger partial charge >= 0.3 is 0 Å². The molecule has 0 unspecified atom stereocenters. The Bertz CT molecular complexity index is 614. The molecule has 1 aromatic carbocycles. The quantitative estimate of drug-likeness (QED) is 0.621. The monoisotopic (exact) mass is 342 g/mol. The minimum absolute atomic E-state index is 0.0796. The molecule has 1 aliphatic rings. The summed E-state index contributed by atoms with van der Waals surface area (Å²) >= 11 is 0. The Labute approximate surface area is 151 Å². The molecule has 4 heteroatoms. The van der Waals surface area contributed by atoms with Crippen LogP contribution < -0.4 is 5.32 Å². The van der Waals surface area contributed by atoms with Crippen LogP contribution in [-0.4, -0.2) is 42.6 Å². The van der Waals surface area contributed by atoms with Crippen molar-refractivity contribution in [2.75, 3.05) is 26.2 Å². The highest BCUT2D eigenvalue weighted by Crippen LogP contribution is 2.19. The molecule has 0 saturated heterocycles. The van der Waals surface area contributed by atoms with E-state index >= 15 is 0 Å². The summed E-state index contributed by atoms with van der Waals surface area (Å²) in [6, 6.07) is 7.02. The highest BCUT2D eigenvalue weighted by atomic mass is 16.1. The Hall–Kier alpha value is -1.94. The van der Waals surface area contributed by atoms with E-state index in [-0.39, 0.29) is 11.6 Å². The number of rotatable bonds is 11. The fourth-order valence-corrected chi connectivity index (χ4v) is 3.07. The maximum atomic E-state index is 12.5. The number of unbranched alkanes of at least 4 members (excludes halogenated alkanes) is 2. The normalized spacial score (nSPS) is 13.8. The maximum Gasteiger partial charge on any atom is 0.209 e. The van der Waals surface area contributed by atoms with Crippen molar-refractivity contribution in [2.45, 2.75) is 46.0 Å². The first-order chi connectivity index (χ1) is 12.2. The Morgan fingerprint density at radius 2 is 1.48 bits per heavy atom. The summed E-state index contributed by atoms with van der Waals surface area (Å²) < 4.78 is 0. The van der Waals surface area contributed by atoms with Crippen molar-refractivity contribution in [2.24, 2.45) is 0 Å². The Morgan fingerprint density at radius 3 is 2.12 bits per heavy atom. The highest BCUT2D eigenvalue weighted by Gasteiger charge is 2.24. The number of carbonyl (C=O) groups excluding carboxylic acids is 2. The van der Waals surface area contributed by atoms with Gasteiger partial charge in [0, 0.05) is 23.7 Å². The Morgan fingerprint density at radius 1 is 0.880 bits per heavy atom. The number of allylic oxidation sites excluding steroid dienone is 2. The molecule has 1 aliphatic carbocycles. The van der Waals surface area contributed by atoms with Crippen molar-refractivity contribution in [1.82, 2.24) is 10.2 Å². The van der Waals surface area contributed by atoms with E-state index in [1.54, 1.807) is 24.3 Å². The Balaban J connectivity index is 1.83. The van der Waals surface area contributed by atoms with Crippen molar-refractivity contribution < 1.29 is 9.59 Å². The van der Waals surface area contributed by atoms with Crippen LogP contribution in [0.1, 0.15) is 66.7 Å². The van der Waals surface area contributed by atoms with Crippen LogP contribution in [0.3, 0.4) is 0 Å². The van der Waals surface area contributed by atoms with E-state index in [9.17, 15) is 9.59 Å². The van der Waals surface area contributed by atoms with Crippen molar-refractivity contribution in [3.63, 3.8) is 0 Å². The van der Waals surface area contributed by atoms with Gasteiger partial charge in [-0.3, -0.25) is 9.59 Å². The van der Waals surface area contributed by atoms with Crippen LogP contribution in [0.15, 0.2) is 36.0 Å². The van der Waals surface area contributed by atoms with Crippen LogP contribution >= 0.6 is 0 Å². The zero-order valence-electron chi connectivity index (χ0n) is 15.5. The number of hydrogen-bond donors (Lipinski definition) is 1. The number of fused-ring (bicyclic) bond motifs is 1. The van der Waals surface area contributed by atoms with E-state index in [1.165, 1.54) is 31.8 Å². The molecular formula is C21H30N2O2. The molecule has 25 heavy (non-hydrogen) atoms. The first-order valence-corrected chi connectivity index (χ1v) is 9.53. The topological polar surface area (TPSA) is 49.4 Å². The minimum Gasteiger partial charge on any atom is -0.382 e. The largest absolute Gasteiger partial charge is 0.382 e. The van der Waals surface area contributed by atoms with E-state index in [1.807, 2.05) is 0 Å². The molecule has 2 rings (SSSR count). The molecule has 1 N–H and O–H groups in total. The molecule has 4 nitrogen and oxygen atoms in total. The summed E-state index contributed by atoms with van der Waals surface area (Å²) in [6.07, 6.45) is 7.29. The molecule has 0 aromatic heterocycles. The molecule has 0 heterocycles. The fourth-order valence-electron chi connectivity index (χ4n) is 3.07. The third-order valence-corrected chi connectivity index (χ3v) is 4.58. The van der Waals surface area contributed by atoms with Crippen LogP contribution in [0.25, 0.3) is 0 Å². The molecule has 1 aromatic rings. The molecule has 0 atom stereocenters. The number of nitrogens with zero attached hydrogens (tertiary/aromatic N) is 1. The average molecular weight is 342 g/mol. The summed E-state index contributed by atoms with van der Waals surface area (Å²) in [5.74, 6) is -0.172. The van der Waals surface area contributed by atoms with Crippen LogP contribution in [0, 0.1) is 0 Å². The van der Waals surface area contributed by atoms with Crippen LogP contribution in [0.5, 0.6) is 0 Å². The zero-order valence-corrected chi connectivity index (χ0v) is 15.5. The molecular weight excluding hydrogens is 312 g/mol. The van der Waals surface area contributed by atoms with E-state index < -0.39 is 0 Å². The third-order valence-electron chi connectivity index (χ3n) is 4.58. The van der Waals surface area contributed by atoms with Gasteiger partial charge in [0.1, 0.15) is 0 Å². The predicted octanol–water partition coefficient (Wildman–Crippen LogP) is 3.83. The van der Waals surface area contributed by atoms with Crippen LogP contribution in [0.4, 0.5) is 0 Å². The smallest absolute Gasteiger partial charge is 0.209 e. The maximum absolute atomic E-state index is 12.5. The zero-order chi connectivity index (χ0) is 18.1. The number of nitrogens with one attached hydrogen (secondary N) is 1. The molecule has 0 fully saturated rings. The summed E-state index contributed by atoms with van der Waals surface area (Å²) in [5, 5.41) is 3.17. The second-order valence-corrected chi connectivity index (χ2v) is 6.63. The van der Waals surface area contributed by atoms with Crippen molar-refractivity contribution >= 4 is 11.6 Å². The van der Waals surface area contributed by atoms with Crippen molar-refractivity contribution in [3.05, 3.63) is 47.2 Å². The van der Waals surface area contributed by atoms with Crippen molar-refractivity contribution in [3.8, 4) is 0 Å². The SMILES string of the molecule is CCCCN(CCCC)CCCNC1=CC(=O)c2ccccc2C1=O. The van der Waals surface area contributed by atoms with Crippen LogP contribution in [-0.2, 0) is 0 Å². The molecule has 0 aliphatic heterocycles. The lowest BCUT2D eigenvalue weighted by Crippen LogP contribution is -2.31. The van der Waals surface area contributed by atoms with Gasteiger partial charge in [0.25, 0.3) is 0 Å². The molecule has 0 radical (unpaired) electrons. The molecule has 136 valence electrons. The summed E-state index contributed by atoms with van der Waals surface area (Å²) in [5.41, 5.74) is 1.44. The van der Waals surface area contributed by atoms with Gasteiger partial charge in [0.2, 0.25) is 5.78 Å². The van der Waals surface area contributed by atoms with Gasteiger partial charge < -0.3 is 10.2 Å². The lowest BCUT2D eigenvalue weighted by Gasteiger charge is -2.22. The number of Topliss-reactive ketones (excluding diaryl/α,β-unsaturated/α-hetero) is 1. The molecule has 0 bridgehead atoms. The fraction of sp³-hybridized carbons (Fsp3) is 0.524. The van der Waals surface area contributed by atoms with Gasteiger partial charge in [0.05, 0.1) is 5.70 Å². The Kier molecular flexibility index (Phi) is 7.86. The summed E-state index contributed by atoms with van der Waals surface area (Å²) in [7, 11) is 0. The van der Waals surface area contributed by atoms with E-state index in [4.69, 9.17) is 0 Å². The van der Waals surface area contributed by atoms with E-state index in [0.29, 0.717) is 23.4 Å².